The Hall–Kier alpha value is -6.50. The Bertz CT molecular complexity index is 3220. The molecule has 0 heterocycles. The molecule has 0 aliphatic carbocycles. The van der Waals surface area contributed by atoms with E-state index in [2.05, 4.69) is 170 Å². The number of fused-ring (bicyclic) bond motifs is 21. The summed E-state index contributed by atoms with van der Waals surface area (Å²) in [6.45, 7) is 0. The van der Waals surface area contributed by atoms with Gasteiger partial charge in [-0.3, -0.25) is 0 Å². The average Bonchev–Trinajstić information content (AvgIpc) is 3.19. The fourth-order valence-electron chi connectivity index (χ4n) is 9.32. The lowest BCUT2D eigenvalue weighted by Crippen LogP contribution is -1.88. The zero-order valence-corrected chi connectivity index (χ0v) is 27.2. The van der Waals surface area contributed by atoms with E-state index in [0.717, 1.165) is 0 Å². The van der Waals surface area contributed by atoms with Crippen LogP contribution in [0.5, 0.6) is 0 Å². The smallest absolute Gasteiger partial charge is 0.00143 e. The Labute approximate surface area is 287 Å². The van der Waals surface area contributed by atoms with E-state index >= 15 is 0 Å². The molecule has 0 aliphatic rings. The lowest BCUT2D eigenvalue weighted by molar-refractivity contribution is 1.79. The molecule has 0 aromatic heterocycles. The Balaban J connectivity index is 1.29. The third-order valence-corrected chi connectivity index (χ3v) is 11.5. The van der Waals surface area contributed by atoms with Crippen molar-refractivity contribution in [3.8, 4) is 0 Å². The van der Waals surface area contributed by atoms with Crippen molar-refractivity contribution < 1.29 is 0 Å². The highest BCUT2D eigenvalue weighted by Crippen LogP contribution is 2.45. The summed E-state index contributed by atoms with van der Waals surface area (Å²) in [5, 5.41) is 28.7. The molecular weight excluding hydrogens is 601 g/mol. The van der Waals surface area contributed by atoms with Gasteiger partial charge in [-0.25, -0.2) is 0 Å². The van der Waals surface area contributed by atoms with Crippen LogP contribution in [-0.2, 0) is 0 Å². The predicted octanol–water partition coefficient (Wildman–Crippen LogP) is 14.4. The molecule has 228 valence electrons. The van der Waals surface area contributed by atoms with E-state index in [0.29, 0.717) is 0 Å². The van der Waals surface area contributed by atoms with Crippen LogP contribution in [0.4, 0.5) is 0 Å². The van der Waals surface area contributed by atoms with Gasteiger partial charge in [0.2, 0.25) is 0 Å². The molecule has 50 heavy (non-hydrogen) atoms. The fourth-order valence-corrected chi connectivity index (χ4v) is 9.32. The number of hydrogen-bond donors (Lipinski definition) is 0. The van der Waals surface area contributed by atoms with Gasteiger partial charge in [0.15, 0.2) is 0 Å². The van der Waals surface area contributed by atoms with Crippen molar-refractivity contribution in [3.05, 3.63) is 170 Å². The minimum Gasteiger partial charge on any atom is -0.0616 e. The van der Waals surface area contributed by atoms with Gasteiger partial charge in [0.1, 0.15) is 0 Å². The van der Waals surface area contributed by atoms with Gasteiger partial charge in [0, 0.05) is 0 Å². The van der Waals surface area contributed by atoms with E-state index in [1.165, 1.54) is 118 Å². The Morgan fingerprint density at radius 2 is 0.380 bits per heavy atom. The van der Waals surface area contributed by atoms with Crippen LogP contribution in [0.25, 0.3) is 118 Å². The molecule has 0 saturated heterocycles. The summed E-state index contributed by atoms with van der Waals surface area (Å²) in [5.74, 6) is 0. The first-order valence-electron chi connectivity index (χ1n) is 17.5. The maximum Gasteiger partial charge on any atom is -0.00143 e. The summed E-state index contributed by atoms with van der Waals surface area (Å²) in [4.78, 5) is 0. The van der Waals surface area contributed by atoms with Gasteiger partial charge in [-0.05, 0) is 118 Å². The highest BCUT2D eigenvalue weighted by molar-refractivity contribution is 6.38. The Morgan fingerprint density at radius 1 is 0.140 bits per heavy atom. The zero-order chi connectivity index (χ0) is 32.5. The molecule has 0 fully saturated rings. The summed E-state index contributed by atoms with van der Waals surface area (Å²) in [7, 11) is 0. The topological polar surface area (TPSA) is 0 Å². The Kier molecular flexibility index (Phi) is 5.06. The van der Waals surface area contributed by atoms with Crippen LogP contribution in [0.15, 0.2) is 170 Å². The third kappa shape index (κ3) is 3.40. The fraction of sp³-hybridized carbons (Fsp3) is 0. The molecule has 12 aromatic carbocycles. The van der Waals surface area contributed by atoms with Gasteiger partial charge in [-0.2, -0.15) is 0 Å². The maximum atomic E-state index is 2.37. The van der Waals surface area contributed by atoms with E-state index in [4.69, 9.17) is 0 Å². The molecule has 0 N–H and O–H groups in total. The molecular formula is C50H28. The maximum absolute atomic E-state index is 2.37. The zero-order valence-electron chi connectivity index (χ0n) is 27.2. The molecule has 0 saturated carbocycles. The summed E-state index contributed by atoms with van der Waals surface area (Å²) < 4.78 is 0. The SMILES string of the molecule is c1ccc2c(c1)ccc1ccc3ccc4ccc5c(ccc6ccc7c(ccc8ccc9ccc%10ccc%11ccccc%11c%10c9c87)c65)c4c3c12. The van der Waals surface area contributed by atoms with E-state index in [9.17, 15) is 0 Å². The molecule has 0 atom stereocenters. The number of benzene rings is 12. The van der Waals surface area contributed by atoms with E-state index in [-0.39, 0.29) is 0 Å². The second-order valence-corrected chi connectivity index (χ2v) is 14.0. The van der Waals surface area contributed by atoms with Crippen LogP contribution in [0, 0.1) is 0 Å². The molecule has 0 aliphatic heterocycles. The molecule has 0 heteroatoms. The normalized spacial score (nSPS) is 12.4. The first-order chi connectivity index (χ1) is 24.8. The van der Waals surface area contributed by atoms with Crippen molar-refractivity contribution in [3.63, 3.8) is 0 Å². The summed E-state index contributed by atoms with van der Waals surface area (Å²) in [6.07, 6.45) is 0. The third-order valence-electron chi connectivity index (χ3n) is 11.5. The van der Waals surface area contributed by atoms with Gasteiger partial charge in [-0.15, -0.1) is 0 Å². The largest absolute Gasteiger partial charge is 0.0616 e. The minimum absolute atomic E-state index is 1.27. The molecule has 12 aromatic rings. The van der Waals surface area contributed by atoms with E-state index in [1.54, 1.807) is 0 Å². The molecule has 0 nitrogen and oxygen atoms in total. The molecule has 0 radical (unpaired) electrons. The van der Waals surface area contributed by atoms with Crippen LogP contribution in [0.3, 0.4) is 0 Å². The van der Waals surface area contributed by atoms with Gasteiger partial charge in [0.05, 0.1) is 0 Å². The van der Waals surface area contributed by atoms with Crippen molar-refractivity contribution in [1.82, 2.24) is 0 Å². The number of hydrogen-bond acceptors (Lipinski definition) is 0. The second kappa shape index (κ2) is 9.56. The van der Waals surface area contributed by atoms with Gasteiger partial charge in [-0.1, -0.05) is 170 Å². The van der Waals surface area contributed by atoms with Crippen molar-refractivity contribution in [1.29, 1.82) is 0 Å². The van der Waals surface area contributed by atoms with Gasteiger partial charge in [0.25, 0.3) is 0 Å². The van der Waals surface area contributed by atoms with Crippen molar-refractivity contribution in [2.75, 3.05) is 0 Å². The molecule has 0 unspecified atom stereocenters. The van der Waals surface area contributed by atoms with Crippen LogP contribution in [0.2, 0.25) is 0 Å². The first-order valence-corrected chi connectivity index (χ1v) is 17.5. The van der Waals surface area contributed by atoms with Crippen LogP contribution in [-0.4, -0.2) is 0 Å². The van der Waals surface area contributed by atoms with Crippen LogP contribution >= 0.6 is 0 Å². The standard InChI is InChI=1S/C50H28/c1-3-7-38-29(5-1)9-11-32-13-17-36-19-15-34-23-25-40-42(47(34)49(36)45(32)38)27-21-31-22-28-43-41(44(31)40)26-24-35-16-20-37-18-14-33-12-10-30-6-2-4-8-39(30)46(33)50(37)48(35)43/h1-28H. The minimum atomic E-state index is 1.27. The molecule has 0 amide bonds. The summed E-state index contributed by atoms with van der Waals surface area (Å²) >= 11 is 0. The van der Waals surface area contributed by atoms with Gasteiger partial charge >= 0.3 is 0 Å². The van der Waals surface area contributed by atoms with Crippen molar-refractivity contribution in [2.45, 2.75) is 0 Å². The monoisotopic (exact) mass is 628 g/mol. The highest BCUT2D eigenvalue weighted by Gasteiger charge is 2.16. The number of rotatable bonds is 0. The van der Waals surface area contributed by atoms with Crippen LogP contribution < -0.4 is 0 Å². The van der Waals surface area contributed by atoms with Crippen LogP contribution in [0.1, 0.15) is 0 Å². The average molecular weight is 629 g/mol. The predicted molar refractivity (Wildman–Crippen MR) is 219 cm³/mol. The van der Waals surface area contributed by atoms with Gasteiger partial charge < -0.3 is 0 Å². The van der Waals surface area contributed by atoms with E-state index < -0.39 is 0 Å². The van der Waals surface area contributed by atoms with E-state index in [1.807, 2.05) is 0 Å². The summed E-state index contributed by atoms with van der Waals surface area (Å²) in [6, 6.07) is 63.9. The molecule has 0 spiro atoms. The summed E-state index contributed by atoms with van der Waals surface area (Å²) in [5.41, 5.74) is 0. The second-order valence-electron chi connectivity index (χ2n) is 14.0. The molecule has 12 rings (SSSR count). The lowest BCUT2D eigenvalue weighted by Gasteiger charge is -2.16. The van der Waals surface area contributed by atoms with Crippen molar-refractivity contribution in [2.24, 2.45) is 0 Å². The lowest BCUT2D eigenvalue weighted by atomic mass is 9.87. The highest BCUT2D eigenvalue weighted by atomic mass is 14.2. The quantitative estimate of drug-likeness (QED) is 0.147. The van der Waals surface area contributed by atoms with Crippen molar-refractivity contribution >= 4 is 118 Å². The molecule has 0 bridgehead atoms. The Morgan fingerprint density at radius 3 is 0.760 bits per heavy atom. The first kappa shape index (κ1) is 26.5.